The molecular formula is C20H20N2O4. The smallest absolute Gasteiger partial charge is 0.251 e. The highest BCUT2D eigenvalue weighted by Gasteiger charge is 2.10. The number of nitrogens with one attached hydrogen (secondary N) is 2. The van der Waals surface area contributed by atoms with Gasteiger partial charge in [-0.05, 0) is 48.2 Å². The summed E-state index contributed by atoms with van der Waals surface area (Å²) in [6, 6.07) is 12.5. The Morgan fingerprint density at radius 3 is 2.38 bits per heavy atom. The second-order valence-corrected chi connectivity index (χ2v) is 5.99. The number of hydrogen-bond acceptors (Lipinski definition) is 4. The van der Waals surface area contributed by atoms with Crippen LogP contribution in [0.1, 0.15) is 21.5 Å². The number of amides is 1. The third-order valence-corrected chi connectivity index (χ3v) is 4.16. The predicted octanol–water partition coefficient (Wildman–Crippen LogP) is 2.78. The number of carbonyl (C=O) groups excluding carboxylic acids is 1. The lowest BCUT2D eigenvalue weighted by molar-refractivity contribution is 0.0950. The van der Waals surface area contributed by atoms with Crippen LogP contribution in [0.15, 0.2) is 47.3 Å². The van der Waals surface area contributed by atoms with Gasteiger partial charge in [0, 0.05) is 29.3 Å². The van der Waals surface area contributed by atoms with E-state index in [2.05, 4.69) is 10.3 Å². The molecule has 3 aromatic rings. The monoisotopic (exact) mass is 352 g/mol. The van der Waals surface area contributed by atoms with Gasteiger partial charge >= 0.3 is 0 Å². The van der Waals surface area contributed by atoms with Crippen LogP contribution >= 0.6 is 0 Å². The molecule has 0 fully saturated rings. The molecule has 0 bridgehead atoms. The lowest BCUT2D eigenvalue weighted by atomic mass is 10.1. The lowest BCUT2D eigenvalue weighted by Crippen LogP contribution is -2.22. The van der Waals surface area contributed by atoms with Crippen molar-refractivity contribution in [3.05, 3.63) is 69.5 Å². The summed E-state index contributed by atoms with van der Waals surface area (Å²) in [5.74, 6) is 0.888. The molecule has 6 nitrogen and oxygen atoms in total. The summed E-state index contributed by atoms with van der Waals surface area (Å²) in [6.45, 7) is 2.13. The van der Waals surface area contributed by atoms with Crippen LogP contribution in [0.4, 0.5) is 0 Å². The molecule has 0 aliphatic rings. The number of hydrogen-bond donors (Lipinski definition) is 2. The Hall–Kier alpha value is -3.28. The first-order chi connectivity index (χ1) is 12.5. The number of carbonyl (C=O) groups is 1. The van der Waals surface area contributed by atoms with Crippen molar-refractivity contribution in [1.82, 2.24) is 10.3 Å². The highest BCUT2D eigenvalue weighted by Crippen LogP contribution is 2.22. The van der Waals surface area contributed by atoms with Gasteiger partial charge in [0.25, 0.3) is 11.5 Å². The van der Waals surface area contributed by atoms with Crippen molar-refractivity contribution in [2.75, 3.05) is 14.2 Å². The Morgan fingerprint density at radius 1 is 1.04 bits per heavy atom. The molecule has 134 valence electrons. The van der Waals surface area contributed by atoms with Gasteiger partial charge in [-0.1, -0.05) is 6.07 Å². The normalized spacial score (nSPS) is 10.6. The summed E-state index contributed by atoms with van der Waals surface area (Å²) in [5.41, 5.74) is 2.73. The number of aromatic nitrogens is 1. The molecule has 0 atom stereocenters. The zero-order valence-electron chi connectivity index (χ0n) is 14.9. The average molecular weight is 352 g/mol. The number of aryl methyl sites for hydroxylation is 1. The van der Waals surface area contributed by atoms with E-state index in [1.807, 2.05) is 24.3 Å². The summed E-state index contributed by atoms with van der Waals surface area (Å²) in [6.07, 6.45) is 0. The molecule has 0 radical (unpaired) electrons. The summed E-state index contributed by atoms with van der Waals surface area (Å²) in [4.78, 5) is 26.9. The molecule has 0 saturated heterocycles. The van der Waals surface area contributed by atoms with E-state index in [0.29, 0.717) is 29.2 Å². The minimum atomic E-state index is -0.222. The van der Waals surface area contributed by atoms with Crippen molar-refractivity contribution in [2.45, 2.75) is 13.5 Å². The van der Waals surface area contributed by atoms with E-state index in [-0.39, 0.29) is 11.5 Å². The summed E-state index contributed by atoms with van der Waals surface area (Å²) in [7, 11) is 3.08. The van der Waals surface area contributed by atoms with E-state index >= 15 is 0 Å². The number of pyridine rings is 1. The maximum Gasteiger partial charge on any atom is 0.251 e. The van der Waals surface area contributed by atoms with E-state index in [1.165, 1.54) is 14.2 Å². The topological polar surface area (TPSA) is 80.4 Å². The molecule has 0 spiro atoms. The van der Waals surface area contributed by atoms with Gasteiger partial charge in [-0.15, -0.1) is 0 Å². The minimum absolute atomic E-state index is 0.0921. The zero-order valence-corrected chi connectivity index (χ0v) is 14.9. The van der Waals surface area contributed by atoms with Gasteiger partial charge in [0.2, 0.25) is 0 Å². The largest absolute Gasteiger partial charge is 0.497 e. The van der Waals surface area contributed by atoms with Crippen molar-refractivity contribution in [1.29, 1.82) is 0 Å². The third-order valence-electron chi connectivity index (χ3n) is 4.16. The first-order valence-corrected chi connectivity index (χ1v) is 8.14. The van der Waals surface area contributed by atoms with Crippen LogP contribution in [0, 0.1) is 6.92 Å². The Morgan fingerprint density at radius 2 is 1.73 bits per heavy atom. The number of H-pyrrole nitrogens is 1. The Kier molecular flexibility index (Phi) is 4.93. The molecule has 1 amide bonds. The van der Waals surface area contributed by atoms with Gasteiger partial charge in [0.15, 0.2) is 0 Å². The molecule has 3 rings (SSSR count). The number of methoxy groups -OCH3 is 2. The SMILES string of the molecule is COc1cc(OC)cc(C(=O)NCc2ccc3[nH]c(=O)c(C)cc3c2)c1. The quantitative estimate of drug-likeness (QED) is 0.740. The molecule has 6 heteroatoms. The second-order valence-electron chi connectivity index (χ2n) is 5.99. The molecule has 1 aromatic heterocycles. The van der Waals surface area contributed by atoms with Gasteiger partial charge in [0.05, 0.1) is 14.2 Å². The number of aromatic amines is 1. The molecule has 26 heavy (non-hydrogen) atoms. The lowest BCUT2D eigenvalue weighted by Gasteiger charge is -2.10. The van der Waals surface area contributed by atoms with Gasteiger partial charge in [-0.3, -0.25) is 9.59 Å². The van der Waals surface area contributed by atoms with Crippen molar-refractivity contribution < 1.29 is 14.3 Å². The molecule has 2 N–H and O–H groups in total. The fourth-order valence-corrected chi connectivity index (χ4v) is 2.70. The van der Waals surface area contributed by atoms with Crippen LogP contribution in [0.2, 0.25) is 0 Å². The fourth-order valence-electron chi connectivity index (χ4n) is 2.70. The number of rotatable bonds is 5. The van der Waals surface area contributed by atoms with Gasteiger partial charge in [-0.25, -0.2) is 0 Å². The van der Waals surface area contributed by atoms with Crippen LogP contribution < -0.4 is 20.3 Å². The van der Waals surface area contributed by atoms with Crippen LogP contribution in [0.5, 0.6) is 11.5 Å². The Labute approximate surface area is 150 Å². The molecule has 0 unspecified atom stereocenters. The maximum absolute atomic E-state index is 12.4. The predicted molar refractivity (Wildman–Crippen MR) is 100 cm³/mol. The van der Waals surface area contributed by atoms with Crippen LogP contribution in [0.25, 0.3) is 10.9 Å². The summed E-state index contributed by atoms with van der Waals surface area (Å²) in [5, 5.41) is 3.81. The second kappa shape index (κ2) is 7.31. The van der Waals surface area contributed by atoms with Crippen molar-refractivity contribution in [3.63, 3.8) is 0 Å². The number of benzene rings is 2. The number of fused-ring (bicyclic) bond motifs is 1. The van der Waals surface area contributed by atoms with Crippen LogP contribution in [-0.2, 0) is 6.54 Å². The Balaban J connectivity index is 1.78. The van der Waals surface area contributed by atoms with Gasteiger partial charge in [0.1, 0.15) is 11.5 Å². The molecule has 0 aliphatic carbocycles. The highest BCUT2D eigenvalue weighted by atomic mass is 16.5. The molecule has 1 heterocycles. The standard InChI is InChI=1S/C20H20N2O4/c1-12-6-14-7-13(4-5-18(14)22-19(12)23)11-21-20(24)15-8-16(25-2)10-17(9-15)26-3/h4-10H,11H2,1-3H3,(H,21,24)(H,22,23). The average Bonchev–Trinajstić information content (AvgIpc) is 2.66. The van der Waals surface area contributed by atoms with Crippen molar-refractivity contribution >= 4 is 16.8 Å². The summed E-state index contributed by atoms with van der Waals surface area (Å²) >= 11 is 0. The molecule has 0 aliphatic heterocycles. The first kappa shape index (κ1) is 17.5. The fraction of sp³-hybridized carbons (Fsp3) is 0.200. The van der Waals surface area contributed by atoms with Gasteiger partial charge in [-0.2, -0.15) is 0 Å². The molecule has 0 saturated carbocycles. The van der Waals surface area contributed by atoms with Crippen LogP contribution in [-0.4, -0.2) is 25.1 Å². The van der Waals surface area contributed by atoms with Crippen LogP contribution in [0.3, 0.4) is 0 Å². The molecule has 2 aromatic carbocycles. The third kappa shape index (κ3) is 3.69. The van der Waals surface area contributed by atoms with Crippen molar-refractivity contribution in [3.8, 4) is 11.5 Å². The first-order valence-electron chi connectivity index (χ1n) is 8.14. The van der Waals surface area contributed by atoms with E-state index in [1.54, 1.807) is 25.1 Å². The van der Waals surface area contributed by atoms with E-state index in [9.17, 15) is 9.59 Å². The maximum atomic E-state index is 12.4. The highest BCUT2D eigenvalue weighted by molar-refractivity contribution is 5.95. The zero-order chi connectivity index (χ0) is 18.7. The van der Waals surface area contributed by atoms with Crippen molar-refractivity contribution in [2.24, 2.45) is 0 Å². The Bertz CT molecular complexity index is 1000. The van der Waals surface area contributed by atoms with E-state index in [0.717, 1.165) is 16.5 Å². The number of ether oxygens (including phenoxy) is 2. The minimum Gasteiger partial charge on any atom is -0.497 e. The molecular weight excluding hydrogens is 332 g/mol. The summed E-state index contributed by atoms with van der Waals surface area (Å²) < 4.78 is 10.4. The van der Waals surface area contributed by atoms with E-state index < -0.39 is 0 Å². The van der Waals surface area contributed by atoms with E-state index in [4.69, 9.17) is 9.47 Å². The van der Waals surface area contributed by atoms with Gasteiger partial charge < -0.3 is 19.8 Å².